The van der Waals surface area contributed by atoms with Gasteiger partial charge >= 0.3 is 0 Å². The molecule has 0 saturated heterocycles. The highest BCUT2D eigenvalue weighted by molar-refractivity contribution is 7.89. The number of hydrogen-bond donors (Lipinski definition) is 0. The van der Waals surface area contributed by atoms with Gasteiger partial charge in [-0.2, -0.15) is 0 Å². The van der Waals surface area contributed by atoms with Crippen molar-refractivity contribution in [2.24, 2.45) is 0 Å². The third-order valence-electron chi connectivity index (χ3n) is 5.37. The number of aromatic nitrogens is 2. The molecule has 1 fully saturated rings. The highest BCUT2D eigenvalue weighted by Gasteiger charge is 2.31. The van der Waals surface area contributed by atoms with Gasteiger partial charge in [-0.25, -0.2) is 17.7 Å². The maximum atomic E-state index is 12.5. The Morgan fingerprint density at radius 3 is 2.62 bits per heavy atom. The molecule has 0 radical (unpaired) electrons. The zero-order valence-corrected chi connectivity index (χ0v) is 18.0. The summed E-state index contributed by atoms with van der Waals surface area (Å²) in [6.07, 6.45) is 5.08. The van der Waals surface area contributed by atoms with Gasteiger partial charge in [-0.05, 0) is 49.6 Å². The molecule has 1 aliphatic rings. The second-order valence-electron chi connectivity index (χ2n) is 7.83. The Morgan fingerprint density at radius 1 is 1.21 bits per heavy atom. The van der Waals surface area contributed by atoms with Crippen LogP contribution in [-0.2, 0) is 29.7 Å². The molecule has 1 aliphatic carbocycles. The van der Waals surface area contributed by atoms with Gasteiger partial charge in [0, 0.05) is 26.7 Å². The lowest BCUT2D eigenvalue weighted by Crippen LogP contribution is -2.26. The highest BCUT2D eigenvalue weighted by Crippen LogP contribution is 2.31. The van der Waals surface area contributed by atoms with Gasteiger partial charge in [0.25, 0.3) is 0 Å². The molecule has 0 amide bonds. The normalized spacial score (nSPS) is 15.1. The fraction of sp³-hybridized carbons (Fsp3) is 0.476. The summed E-state index contributed by atoms with van der Waals surface area (Å²) < 4.78 is 34.0. The van der Waals surface area contributed by atoms with Crippen LogP contribution in [0.2, 0.25) is 0 Å². The Hall–Kier alpha value is -2.16. The van der Waals surface area contributed by atoms with Crippen LogP contribution in [0.1, 0.15) is 37.8 Å². The molecular weight excluding hydrogens is 388 g/mol. The Bertz CT molecular complexity index is 1080. The van der Waals surface area contributed by atoms with Gasteiger partial charge in [0.05, 0.1) is 35.3 Å². The second-order valence-corrected chi connectivity index (χ2v) is 9.98. The summed E-state index contributed by atoms with van der Waals surface area (Å²) >= 11 is 0. The van der Waals surface area contributed by atoms with Crippen LogP contribution in [-0.4, -0.2) is 47.3 Å². The topological polar surface area (TPSA) is 71.6 Å². The van der Waals surface area contributed by atoms with Crippen molar-refractivity contribution in [3.8, 4) is 0 Å². The lowest BCUT2D eigenvalue weighted by atomic mass is 10.3. The number of fused-ring (bicyclic) bond motifs is 1. The summed E-state index contributed by atoms with van der Waals surface area (Å²) in [4.78, 5) is 7.53. The van der Waals surface area contributed by atoms with E-state index in [1.165, 1.54) is 17.1 Å². The zero-order chi connectivity index (χ0) is 20.6. The SMILES string of the molecule is CCCn1c(CN(Cc2ccco2)C2CC2)nc2cc(S(=O)(=O)N(C)C)ccc21. The van der Waals surface area contributed by atoms with Crippen molar-refractivity contribution in [3.05, 3.63) is 48.2 Å². The molecule has 0 bridgehead atoms. The Labute approximate surface area is 172 Å². The predicted octanol–water partition coefficient (Wildman–Crippen LogP) is 3.45. The summed E-state index contributed by atoms with van der Waals surface area (Å²) in [7, 11) is -0.395. The molecule has 0 spiro atoms. The van der Waals surface area contributed by atoms with Crippen LogP contribution < -0.4 is 0 Å². The number of imidazole rings is 1. The summed E-state index contributed by atoms with van der Waals surface area (Å²) in [6, 6.07) is 9.72. The Balaban J connectivity index is 1.69. The summed E-state index contributed by atoms with van der Waals surface area (Å²) in [5.41, 5.74) is 1.71. The Kier molecular flexibility index (Phi) is 5.50. The monoisotopic (exact) mass is 416 g/mol. The van der Waals surface area contributed by atoms with E-state index in [1.807, 2.05) is 18.2 Å². The fourth-order valence-corrected chi connectivity index (χ4v) is 4.58. The average molecular weight is 417 g/mol. The van der Waals surface area contributed by atoms with Crippen LogP contribution in [0, 0.1) is 0 Å². The van der Waals surface area contributed by atoms with E-state index >= 15 is 0 Å². The van der Waals surface area contributed by atoms with E-state index in [2.05, 4.69) is 16.4 Å². The van der Waals surface area contributed by atoms with Crippen molar-refractivity contribution in [2.75, 3.05) is 14.1 Å². The molecule has 0 aliphatic heterocycles. The summed E-state index contributed by atoms with van der Waals surface area (Å²) in [5.74, 6) is 1.93. The van der Waals surface area contributed by atoms with E-state index in [-0.39, 0.29) is 4.90 Å². The minimum absolute atomic E-state index is 0.275. The molecule has 0 unspecified atom stereocenters. The van der Waals surface area contributed by atoms with Crippen LogP contribution >= 0.6 is 0 Å². The molecule has 1 saturated carbocycles. The van der Waals surface area contributed by atoms with E-state index in [0.29, 0.717) is 6.04 Å². The number of furan rings is 1. The number of hydrogen-bond acceptors (Lipinski definition) is 5. The standard InChI is InChI=1S/C21H28N4O3S/c1-4-11-25-20-10-9-18(29(26,27)23(2)3)13-19(20)22-21(25)15-24(16-7-8-16)14-17-6-5-12-28-17/h5-6,9-10,12-13,16H,4,7-8,11,14-15H2,1-3H3. The van der Waals surface area contributed by atoms with Crippen LogP contribution in [0.4, 0.5) is 0 Å². The summed E-state index contributed by atoms with van der Waals surface area (Å²) in [5, 5.41) is 0. The van der Waals surface area contributed by atoms with E-state index in [1.54, 1.807) is 32.5 Å². The molecule has 0 N–H and O–H groups in total. The molecular formula is C21H28N4O3S. The lowest BCUT2D eigenvalue weighted by molar-refractivity contribution is 0.217. The van der Waals surface area contributed by atoms with Crippen molar-refractivity contribution in [2.45, 2.75) is 56.8 Å². The molecule has 1 aromatic carbocycles. The molecule has 0 atom stereocenters. The van der Waals surface area contributed by atoms with Gasteiger partial charge in [0.2, 0.25) is 10.0 Å². The first-order valence-corrected chi connectivity index (χ1v) is 11.5. The first kappa shape index (κ1) is 20.1. The number of rotatable bonds is 9. The van der Waals surface area contributed by atoms with Gasteiger partial charge in [-0.3, -0.25) is 4.90 Å². The van der Waals surface area contributed by atoms with Crippen LogP contribution in [0.15, 0.2) is 45.9 Å². The smallest absolute Gasteiger partial charge is 0.242 e. The van der Waals surface area contributed by atoms with E-state index in [0.717, 1.165) is 48.7 Å². The number of aryl methyl sites for hydroxylation is 1. The molecule has 8 heteroatoms. The molecule has 29 heavy (non-hydrogen) atoms. The van der Waals surface area contributed by atoms with Gasteiger partial charge in [-0.1, -0.05) is 6.92 Å². The molecule has 7 nitrogen and oxygen atoms in total. The highest BCUT2D eigenvalue weighted by atomic mass is 32.2. The van der Waals surface area contributed by atoms with Gasteiger partial charge in [-0.15, -0.1) is 0 Å². The molecule has 3 aromatic rings. The van der Waals surface area contributed by atoms with Crippen LogP contribution in [0.3, 0.4) is 0 Å². The van der Waals surface area contributed by atoms with Crippen LogP contribution in [0.25, 0.3) is 11.0 Å². The predicted molar refractivity (Wildman–Crippen MR) is 112 cm³/mol. The average Bonchev–Trinajstić information content (AvgIpc) is 3.31. The second kappa shape index (κ2) is 7.93. The fourth-order valence-electron chi connectivity index (χ4n) is 3.66. The van der Waals surface area contributed by atoms with Crippen molar-refractivity contribution in [1.29, 1.82) is 0 Å². The minimum atomic E-state index is -3.48. The third kappa shape index (κ3) is 4.10. The van der Waals surface area contributed by atoms with Crippen molar-refractivity contribution in [3.63, 3.8) is 0 Å². The largest absolute Gasteiger partial charge is 0.468 e. The van der Waals surface area contributed by atoms with Crippen LogP contribution in [0.5, 0.6) is 0 Å². The first-order chi connectivity index (χ1) is 13.9. The first-order valence-electron chi connectivity index (χ1n) is 10.1. The lowest BCUT2D eigenvalue weighted by Gasteiger charge is -2.21. The number of nitrogens with zero attached hydrogens (tertiary/aromatic N) is 4. The van der Waals surface area contributed by atoms with Gasteiger partial charge in [0.15, 0.2) is 0 Å². The molecule has 2 heterocycles. The molecule has 4 rings (SSSR count). The van der Waals surface area contributed by atoms with E-state index in [4.69, 9.17) is 9.40 Å². The summed E-state index contributed by atoms with van der Waals surface area (Å²) in [6.45, 7) is 4.47. The van der Waals surface area contributed by atoms with Crippen molar-refractivity contribution < 1.29 is 12.8 Å². The van der Waals surface area contributed by atoms with Gasteiger partial charge in [0.1, 0.15) is 11.6 Å². The maximum absolute atomic E-state index is 12.5. The number of benzene rings is 1. The molecule has 156 valence electrons. The minimum Gasteiger partial charge on any atom is -0.468 e. The third-order valence-corrected chi connectivity index (χ3v) is 7.18. The maximum Gasteiger partial charge on any atom is 0.242 e. The Morgan fingerprint density at radius 2 is 2.00 bits per heavy atom. The number of sulfonamides is 1. The quantitative estimate of drug-likeness (QED) is 0.534. The van der Waals surface area contributed by atoms with E-state index < -0.39 is 10.0 Å². The van der Waals surface area contributed by atoms with Crippen molar-refractivity contribution in [1.82, 2.24) is 18.8 Å². The zero-order valence-electron chi connectivity index (χ0n) is 17.2. The van der Waals surface area contributed by atoms with Gasteiger partial charge < -0.3 is 8.98 Å². The molecule has 2 aromatic heterocycles. The van der Waals surface area contributed by atoms with Crippen molar-refractivity contribution >= 4 is 21.1 Å². The van der Waals surface area contributed by atoms with E-state index in [9.17, 15) is 8.42 Å².